The number of hydrogen-bond acceptors (Lipinski definition) is 5. The zero-order valence-electron chi connectivity index (χ0n) is 14.7. The molecule has 2 aromatic carbocycles. The van der Waals surface area contributed by atoms with Crippen LogP contribution in [0.4, 0.5) is 5.69 Å². The molecule has 0 saturated carbocycles. The molecule has 7 nitrogen and oxygen atoms in total. The molecule has 2 atom stereocenters. The molecule has 1 heterocycles. The lowest BCUT2D eigenvalue weighted by Gasteiger charge is -2.49. The first-order valence-corrected chi connectivity index (χ1v) is 8.77. The van der Waals surface area contributed by atoms with Crippen LogP contribution in [-0.2, 0) is 27.2 Å². The predicted octanol–water partition coefficient (Wildman–Crippen LogP) is 2.58. The highest BCUT2D eigenvalue weighted by molar-refractivity contribution is 5.91. The number of carbonyl (C=O) groups excluding carboxylic acids is 2. The average Bonchev–Trinajstić information content (AvgIpc) is 3.06. The molecule has 1 aliphatic carbocycles. The van der Waals surface area contributed by atoms with Gasteiger partial charge in [0, 0.05) is 19.0 Å². The van der Waals surface area contributed by atoms with Crippen LogP contribution in [0.5, 0.6) is 0 Å². The van der Waals surface area contributed by atoms with Gasteiger partial charge in [0.1, 0.15) is 6.04 Å². The average molecular weight is 366 g/mol. The smallest absolute Gasteiger partial charge is 0.303 e. The number of amides is 1. The SMILES string of the molecule is CC(=O)O[C@@H]1C(=O)N(C2Cc3ccccc3C2)[C@@H]1c1ccccc1[N+](=O)[O-]. The molecule has 4 rings (SSSR count). The molecule has 1 aliphatic heterocycles. The fourth-order valence-corrected chi connectivity index (χ4v) is 4.13. The first kappa shape index (κ1) is 17.2. The highest BCUT2D eigenvalue weighted by atomic mass is 16.6. The molecule has 0 unspecified atom stereocenters. The monoisotopic (exact) mass is 366 g/mol. The van der Waals surface area contributed by atoms with E-state index >= 15 is 0 Å². The molecule has 0 N–H and O–H groups in total. The first-order chi connectivity index (χ1) is 13.0. The van der Waals surface area contributed by atoms with E-state index < -0.39 is 23.0 Å². The van der Waals surface area contributed by atoms with Crippen molar-refractivity contribution in [3.8, 4) is 0 Å². The molecular formula is C20H18N2O5. The van der Waals surface area contributed by atoms with E-state index in [1.807, 2.05) is 24.3 Å². The number of fused-ring (bicyclic) bond motifs is 1. The van der Waals surface area contributed by atoms with E-state index in [1.54, 1.807) is 23.1 Å². The summed E-state index contributed by atoms with van der Waals surface area (Å²) in [7, 11) is 0. The van der Waals surface area contributed by atoms with Crippen LogP contribution in [0.3, 0.4) is 0 Å². The third kappa shape index (κ3) is 2.85. The van der Waals surface area contributed by atoms with Crippen molar-refractivity contribution in [2.45, 2.75) is 38.0 Å². The summed E-state index contributed by atoms with van der Waals surface area (Å²) < 4.78 is 5.21. The van der Waals surface area contributed by atoms with E-state index in [4.69, 9.17) is 4.74 Å². The molecule has 0 spiro atoms. The lowest BCUT2D eigenvalue weighted by atomic mass is 9.87. The van der Waals surface area contributed by atoms with Crippen LogP contribution in [0, 0.1) is 10.1 Å². The zero-order valence-corrected chi connectivity index (χ0v) is 14.7. The van der Waals surface area contributed by atoms with Crippen LogP contribution in [0.25, 0.3) is 0 Å². The van der Waals surface area contributed by atoms with Gasteiger partial charge in [-0.2, -0.15) is 0 Å². The molecule has 2 aliphatic rings. The van der Waals surface area contributed by atoms with Gasteiger partial charge in [0.05, 0.1) is 10.5 Å². The maximum absolute atomic E-state index is 12.8. The lowest BCUT2D eigenvalue weighted by Crippen LogP contribution is -2.64. The fourth-order valence-electron chi connectivity index (χ4n) is 4.13. The number of nitro groups is 1. The third-order valence-electron chi connectivity index (χ3n) is 5.25. The van der Waals surface area contributed by atoms with Gasteiger partial charge >= 0.3 is 5.97 Å². The lowest BCUT2D eigenvalue weighted by molar-refractivity contribution is -0.386. The molecule has 0 bridgehead atoms. The Bertz CT molecular complexity index is 916. The normalized spacial score (nSPS) is 21.5. The molecule has 7 heteroatoms. The maximum Gasteiger partial charge on any atom is 0.303 e. The number of ether oxygens (including phenoxy) is 1. The Morgan fingerprint density at radius 3 is 2.30 bits per heavy atom. The second kappa shape index (κ2) is 6.50. The van der Waals surface area contributed by atoms with Crippen LogP contribution < -0.4 is 0 Å². The molecule has 138 valence electrons. The van der Waals surface area contributed by atoms with Crippen molar-refractivity contribution in [3.05, 3.63) is 75.3 Å². The number of likely N-dealkylation sites (tertiary alicyclic amines) is 1. The number of hydrogen-bond donors (Lipinski definition) is 0. The minimum Gasteiger partial charge on any atom is -0.450 e. The second-order valence-corrected chi connectivity index (χ2v) is 6.87. The maximum atomic E-state index is 12.8. The minimum atomic E-state index is -1.02. The predicted molar refractivity (Wildman–Crippen MR) is 95.9 cm³/mol. The molecule has 1 fully saturated rings. The summed E-state index contributed by atoms with van der Waals surface area (Å²) in [5, 5.41) is 11.5. The Kier molecular flexibility index (Phi) is 4.14. The Balaban J connectivity index is 1.70. The molecule has 27 heavy (non-hydrogen) atoms. The summed E-state index contributed by atoms with van der Waals surface area (Å²) in [6.07, 6.45) is 0.352. The Morgan fingerprint density at radius 1 is 1.11 bits per heavy atom. The van der Waals surface area contributed by atoms with E-state index in [0.717, 1.165) is 0 Å². The standard InChI is InChI=1S/C20H18N2O5/c1-12(23)27-19-18(16-8-4-5-9-17(16)22(25)26)21(20(19)24)15-10-13-6-2-3-7-14(13)11-15/h2-9,15,18-19H,10-11H2,1H3/t18-,19+/m1/s1. The Hall–Kier alpha value is -3.22. The second-order valence-electron chi connectivity index (χ2n) is 6.87. The van der Waals surface area contributed by atoms with Gasteiger partial charge in [-0.15, -0.1) is 0 Å². The van der Waals surface area contributed by atoms with E-state index in [0.29, 0.717) is 18.4 Å². The molecule has 1 amide bonds. The number of carbonyl (C=O) groups is 2. The number of nitro benzene ring substituents is 1. The quantitative estimate of drug-likeness (QED) is 0.359. The first-order valence-electron chi connectivity index (χ1n) is 8.77. The van der Waals surface area contributed by atoms with Crippen molar-refractivity contribution in [2.24, 2.45) is 0 Å². The van der Waals surface area contributed by atoms with Gasteiger partial charge in [0.2, 0.25) is 6.10 Å². The van der Waals surface area contributed by atoms with E-state index in [-0.39, 0.29) is 17.6 Å². The zero-order chi connectivity index (χ0) is 19.1. The molecule has 1 saturated heterocycles. The number of para-hydroxylation sites is 1. The number of rotatable bonds is 4. The summed E-state index contributed by atoms with van der Waals surface area (Å²) in [6.45, 7) is 1.23. The van der Waals surface area contributed by atoms with Crippen LogP contribution in [-0.4, -0.2) is 33.8 Å². The highest BCUT2D eigenvalue weighted by Gasteiger charge is 2.55. The number of nitrogens with zero attached hydrogens (tertiary/aromatic N) is 2. The summed E-state index contributed by atoms with van der Waals surface area (Å²) >= 11 is 0. The molecule has 0 aromatic heterocycles. The number of β-lactam (4-membered cyclic amide) rings is 1. The van der Waals surface area contributed by atoms with Crippen LogP contribution in [0.2, 0.25) is 0 Å². The fraction of sp³-hybridized carbons (Fsp3) is 0.300. The van der Waals surface area contributed by atoms with Crippen molar-refractivity contribution in [3.63, 3.8) is 0 Å². The topological polar surface area (TPSA) is 89.8 Å². The summed E-state index contributed by atoms with van der Waals surface area (Å²) in [5.41, 5.74) is 2.66. The Morgan fingerprint density at radius 2 is 1.70 bits per heavy atom. The minimum absolute atomic E-state index is 0.0762. The van der Waals surface area contributed by atoms with Crippen molar-refractivity contribution < 1.29 is 19.2 Å². The summed E-state index contributed by atoms with van der Waals surface area (Å²) in [5.74, 6) is -0.877. The van der Waals surface area contributed by atoms with Crippen molar-refractivity contribution >= 4 is 17.6 Å². The Labute approximate surface area is 155 Å². The van der Waals surface area contributed by atoms with E-state index in [9.17, 15) is 19.7 Å². The van der Waals surface area contributed by atoms with Crippen LogP contribution in [0.15, 0.2) is 48.5 Å². The van der Waals surface area contributed by atoms with E-state index in [1.165, 1.54) is 24.1 Å². The van der Waals surface area contributed by atoms with E-state index in [2.05, 4.69) is 0 Å². The van der Waals surface area contributed by atoms with Gasteiger partial charge in [-0.3, -0.25) is 19.7 Å². The van der Waals surface area contributed by atoms with Gasteiger partial charge in [0.25, 0.3) is 11.6 Å². The summed E-state index contributed by atoms with van der Waals surface area (Å²) in [4.78, 5) is 36.9. The van der Waals surface area contributed by atoms with Gasteiger partial charge in [-0.05, 0) is 30.0 Å². The highest BCUT2D eigenvalue weighted by Crippen LogP contribution is 2.44. The van der Waals surface area contributed by atoms with Crippen molar-refractivity contribution in [1.82, 2.24) is 4.90 Å². The molecule has 0 radical (unpaired) electrons. The van der Waals surface area contributed by atoms with Crippen LogP contribution >= 0.6 is 0 Å². The third-order valence-corrected chi connectivity index (χ3v) is 5.25. The number of esters is 1. The molecular weight excluding hydrogens is 348 g/mol. The van der Waals surface area contributed by atoms with Crippen molar-refractivity contribution in [2.75, 3.05) is 0 Å². The van der Waals surface area contributed by atoms with Crippen molar-refractivity contribution in [1.29, 1.82) is 0 Å². The van der Waals surface area contributed by atoms with Gasteiger partial charge < -0.3 is 9.64 Å². The van der Waals surface area contributed by atoms with Gasteiger partial charge in [0.15, 0.2) is 0 Å². The van der Waals surface area contributed by atoms with Gasteiger partial charge in [-0.1, -0.05) is 36.4 Å². The largest absolute Gasteiger partial charge is 0.450 e. The van der Waals surface area contributed by atoms with Gasteiger partial charge in [-0.25, -0.2) is 0 Å². The number of benzene rings is 2. The summed E-state index contributed by atoms with van der Waals surface area (Å²) in [6, 6.07) is 13.5. The molecule has 2 aromatic rings. The van der Waals surface area contributed by atoms with Crippen LogP contribution in [0.1, 0.15) is 29.7 Å².